The van der Waals surface area contributed by atoms with E-state index in [4.69, 9.17) is 0 Å². The first-order valence-electron chi connectivity index (χ1n) is 11.4. The predicted octanol–water partition coefficient (Wildman–Crippen LogP) is 4.19. The molecule has 0 radical (unpaired) electrons. The number of para-hydroxylation sites is 1. The van der Waals surface area contributed by atoms with Crippen LogP contribution in [0.1, 0.15) is 22.0 Å². The highest BCUT2D eigenvalue weighted by atomic mass is 19.1. The molecule has 0 unspecified atom stereocenters. The lowest BCUT2D eigenvalue weighted by Crippen LogP contribution is -2.50. The number of hydrogen-bond acceptors (Lipinski definition) is 4. The molecule has 0 aromatic heterocycles. The molecule has 3 aromatic rings. The maximum atomic E-state index is 13.6. The van der Waals surface area contributed by atoms with Gasteiger partial charge in [0.1, 0.15) is 5.82 Å². The summed E-state index contributed by atoms with van der Waals surface area (Å²) in [6, 6.07) is 24.8. The summed E-state index contributed by atoms with van der Waals surface area (Å²) in [6.45, 7) is 4.10. The number of carbonyl (C=O) groups excluding carboxylic acids is 1. The molecule has 1 aliphatic heterocycles. The van der Waals surface area contributed by atoms with Crippen molar-refractivity contribution in [2.45, 2.75) is 6.04 Å². The Hall–Kier alpha value is -3.38. The van der Waals surface area contributed by atoms with Crippen molar-refractivity contribution in [1.29, 1.82) is 0 Å². The third-order valence-corrected chi connectivity index (χ3v) is 6.21. The summed E-state index contributed by atoms with van der Waals surface area (Å²) < 4.78 is 13.6. The normalized spacial score (nSPS) is 15.2. The van der Waals surface area contributed by atoms with Crippen molar-refractivity contribution >= 4 is 17.3 Å². The lowest BCUT2D eigenvalue weighted by Gasteiger charge is -2.40. The highest BCUT2D eigenvalue weighted by molar-refractivity contribution is 5.94. The lowest BCUT2D eigenvalue weighted by atomic mass is 10.0. The van der Waals surface area contributed by atoms with Crippen LogP contribution in [0, 0.1) is 5.82 Å². The summed E-state index contributed by atoms with van der Waals surface area (Å²) >= 11 is 0. The van der Waals surface area contributed by atoms with Crippen molar-refractivity contribution in [3.8, 4) is 0 Å². The Bertz CT molecular complexity index is 1050. The number of anilines is 2. The second-order valence-corrected chi connectivity index (χ2v) is 8.58. The number of nitrogens with one attached hydrogen (secondary N) is 1. The fraction of sp³-hybridized carbons (Fsp3) is 0.296. The first-order valence-corrected chi connectivity index (χ1v) is 11.4. The molecule has 6 heteroatoms. The quantitative estimate of drug-likeness (QED) is 0.591. The second kappa shape index (κ2) is 10.5. The molecule has 1 heterocycles. The van der Waals surface area contributed by atoms with Gasteiger partial charge in [0, 0.05) is 63.8 Å². The Morgan fingerprint density at radius 1 is 0.939 bits per heavy atom. The number of carbonyl (C=O) groups is 1. The summed E-state index contributed by atoms with van der Waals surface area (Å²) in [4.78, 5) is 19.6. The first-order chi connectivity index (χ1) is 16.0. The number of halogens is 1. The van der Waals surface area contributed by atoms with E-state index in [-0.39, 0.29) is 11.9 Å². The SMILES string of the molecule is CN(C)c1ccc([C@@H](CNC(=O)c2cccc(F)c2)N2CCN(c3ccccc3)CC2)cc1. The van der Waals surface area contributed by atoms with Crippen molar-refractivity contribution in [1.82, 2.24) is 10.2 Å². The van der Waals surface area contributed by atoms with Gasteiger partial charge in [0.2, 0.25) is 0 Å². The van der Waals surface area contributed by atoms with Crippen molar-refractivity contribution in [3.63, 3.8) is 0 Å². The molecule has 0 saturated carbocycles. The van der Waals surface area contributed by atoms with Crippen LogP contribution >= 0.6 is 0 Å². The monoisotopic (exact) mass is 446 g/mol. The van der Waals surface area contributed by atoms with E-state index in [1.807, 2.05) is 20.2 Å². The van der Waals surface area contributed by atoms with E-state index in [1.165, 1.54) is 17.8 Å². The average Bonchev–Trinajstić information content (AvgIpc) is 2.85. The summed E-state index contributed by atoms with van der Waals surface area (Å²) in [5.41, 5.74) is 3.87. The van der Waals surface area contributed by atoms with Crippen molar-refractivity contribution in [2.24, 2.45) is 0 Å². The van der Waals surface area contributed by atoms with Gasteiger partial charge >= 0.3 is 0 Å². The third kappa shape index (κ3) is 5.71. The molecule has 172 valence electrons. The van der Waals surface area contributed by atoms with Crippen LogP contribution < -0.4 is 15.1 Å². The van der Waals surface area contributed by atoms with Crippen LogP contribution in [0.4, 0.5) is 15.8 Å². The minimum Gasteiger partial charge on any atom is -0.378 e. The Morgan fingerprint density at radius 2 is 1.64 bits per heavy atom. The Labute approximate surface area is 195 Å². The molecule has 4 rings (SSSR count). The van der Waals surface area contributed by atoms with Crippen molar-refractivity contribution in [3.05, 3.63) is 95.8 Å². The largest absolute Gasteiger partial charge is 0.378 e. The number of nitrogens with zero attached hydrogens (tertiary/aromatic N) is 3. The molecule has 1 aliphatic rings. The molecule has 1 saturated heterocycles. The lowest BCUT2D eigenvalue weighted by molar-refractivity contribution is 0.0929. The summed E-state index contributed by atoms with van der Waals surface area (Å²) in [5, 5.41) is 3.03. The van der Waals surface area contributed by atoms with E-state index in [0.717, 1.165) is 37.4 Å². The van der Waals surface area contributed by atoms with E-state index < -0.39 is 5.82 Å². The fourth-order valence-corrected chi connectivity index (χ4v) is 4.30. The smallest absolute Gasteiger partial charge is 0.251 e. The molecule has 1 fully saturated rings. The van der Waals surface area contributed by atoms with Crippen LogP contribution in [-0.4, -0.2) is 57.6 Å². The molecule has 0 spiro atoms. The molecule has 0 aliphatic carbocycles. The number of benzene rings is 3. The van der Waals surface area contributed by atoms with Crippen molar-refractivity contribution < 1.29 is 9.18 Å². The number of rotatable bonds is 7. The molecule has 1 atom stereocenters. The van der Waals surface area contributed by atoms with Gasteiger partial charge in [-0.05, 0) is 48.0 Å². The highest BCUT2D eigenvalue weighted by Crippen LogP contribution is 2.26. The van der Waals surface area contributed by atoms with Gasteiger partial charge in [0.25, 0.3) is 5.91 Å². The maximum Gasteiger partial charge on any atom is 0.251 e. The van der Waals surface area contributed by atoms with E-state index in [1.54, 1.807) is 12.1 Å². The summed E-state index contributed by atoms with van der Waals surface area (Å²) in [7, 11) is 4.04. The Kier molecular flexibility index (Phi) is 7.25. The van der Waals surface area contributed by atoms with E-state index in [0.29, 0.717) is 12.1 Å². The van der Waals surface area contributed by atoms with Crippen LogP contribution in [0.25, 0.3) is 0 Å². The summed E-state index contributed by atoms with van der Waals surface area (Å²) in [5.74, 6) is -0.664. The van der Waals surface area contributed by atoms with Crippen LogP contribution in [0.3, 0.4) is 0 Å². The topological polar surface area (TPSA) is 38.8 Å². The number of amides is 1. The molecular formula is C27H31FN4O. The predicted molar refractivity (Wildman–Crippen MR) is 132 cm³/mol. The fourth-order valence-electron chi connectivity index (χ4n) is 4.30. The highest BCUT2D eigenvalue weighted by Gasteiger charge is 2.26. The minimum absolute atomic E-state index is 0.0386. The number of piperazine rings is 1. The van der Waals surface area contributed by atoms with Crippen molar-refractivity contribution in [2.75, 3.05) is 56.6 Å². The molecule has 1 amide bonds. The van der Waals surface area contributed by atoms with Gasteiger partial charge in [-0.2, -0.15) is 0 Å². The van der Waals surface area contributed by atoms with E-state index in [9.17, 15) is 9.18 Å². The maximum absolute atomic E-state index is 13.6. The molecule has 5 nitrogen and oxygen atoms in total. The molecule has 0 bridgehead atoms. The zero-order valence-corrected chi connectivity index (χ0v) is 19.2. The van der Waals surface area contributed by atoms with Gasteiger partial charge in [-0.15, -0.1) is 0 Å². The molecule has 3 aromatic carbocycles. The van der Waals surface area contributed by atoms with Crippen LogP contribution in [-0.2, 0) is 0 Å². The van der Waals surface area contributed by atoms with Crippen LogP contribution in [0.2, 0.25) is 0 Å². The van der Waals surface area contributed by atoms with Gasteiger partial charge in [0.05, 0.1) is 6.04 Å². The van der Waals surface area contributed by atoms with E-state index in [2.05, 4.69) is 68.5 Å². The first kappa shape index (κ1) is 22.8. The Balaban J connectivity index is 1.48. The zero-order valence-electron chi connectivity index (χ0n) is 19.2. The van der Waals surface area contributed by atoms with Crippen LogP contribution in [0.15, 0.2) is 78.9 Å². The van der Waals surface area contributed by atoms with E-state index >= 15 is 0 Å². The molecule has 1 N–H and O–H groups in total. The van der Waals surface area contributed by atoms with Gasteiger partial charge in [-0.1, -0.05) is 36.4 Å². The number of hydrogen-bond donors (Lipinski definition) is 1. The zero-order chi connectivity index (χ0) is 23.2. The third-order valence-electron chi connectivity index (χ3n) is 6.21. The minimum atomic E-state index is -0.407. The van der Waals surface area contributed by atoms with Gasteiger partial charge < -0.3 is 15.1 Å². The molecular weight excluding hydrogens is 415 g/mol. The second-order valence-electron chi connectivity index (χ2n) is 8.58. The van der Waals surface area contributed by atoms with Crippen LogP contribution in [0.5, 0.6) is 0 Å². The van der Waals surface area contributed by atoms with Gasteiger partial charge in [-0.25, -0.2) is 4.39 Å². The Morgan fingerprint density at radius 3 is 2.27 bits per heavy atom. The average molecular weight is 447 g/mol. The standard InChI is InChI=1S/C27H31FN4O/c1-30(2)24-13-11-21(12-14-24)26(20-29-27(33)22-7-6-8-23(28)19-22)32-17-15-31(16-18-32)25-9-4-3-5-10-25/h3-14,19,26H,15-18,20H2,1-2H3,(H,29,33)/t26-/m1/s1. The van der Waals surface area contributed by atoms with Gasteiger partial charge in [0.15, 0.2) is 0 Å². The summed E-state index contributed by atoms with van der Waals surface area (Å²) in [6.07, 6.45) is 0. The molecule has 33 heavy (non-hydrogen) atoms. The van der Waals surface area contributed by atoms with Gasteiger partial charge in [-0.3, -0.25) is 9.69 Å².